The van der Waals surface area contributed by atoms with Crippen LogP contribution >= 0.6 is 0 Å². The van der Waals surface area contributed by atoms with E-state index in [0.29, 0.717) is 6.54 Å². The van der Waals surface area contributed by atoms with Crippen LogP contribution in [-0.4, -0.2) is 24.0 Å². The molecule has 1 aromatic rings. The van der Waals surface area contributed by atoms with Crippen molar-refractivity contribution in [2.45, 2.75) is 19.9 Å². The quantitative estimate of drug-likeness (QED) is 0.414. The molecule has 0 unspecified atom stereocenters. The summed E-state index contributed by atoms with van der Waals surface area (Å²) in [5.74, 6) is -0.622. The van der Waals surface area contributed by atoms with Gasteiger partial charge in [0.15, 0.2) is 12.4 Å². The highest BCUT2D eigenvalue weighted by Gasteiger charge is 2.16. The van der Waals surface area contributed by atoms with Gasteiger partial charge in [-0.1, -0.05) is 13.0 Å². The van der Waals surface area contributed by atoms with E-state index >= 15 is 0 Å². The Balaban J connectivity index is 2.84. The number of nitrogens with one attached hydrogen (secondary N) is 1. The number of primary amides is 1. The highest BCUT2D eigenvalue weighted by Crippen LogP contribution is 2.27. The van der Waals surface area contributed by atoms with Crippen molar-refractivity contribution in [3.8, 4) is 5.75 Å². The molecule has 3 N–H and O–H groups in total. The highest BCUT2D eigenvalue weighted by molar-refractivity contribution is 5.75. The van der Waals surface area contributed by atoms with E-state index in [1.807, 2.05) is 6.92 Å². The Bertz CT molecular complexity index is 462. The van der Waals surface area contributed by atoms with Crippen LogP contribution in [0.3, 0.4) is 0 Å². The average Bonchev–Trinajstić information content (AvgIpc) is 2.36. The van der Waals surface area contributed by atoms with Crippen LogP contribution in [0.4, 0.5) is 5.69 Å². The lowest BCUT2D eigenvalue weighted by molar-refractivity contribution is -0.385. The SMILES string of the molecule is CCCNCc1ccc([N+](=O)[O-])c(OCC(N)=O)c1. The molecule has 1 aromatic carbocycles. The molecule has 0 heterocycles. The zero-order valence-corrected chi connectivity index (χ0v) is 10.7. The van der Waals surface area contributed by atoms with Crippen molar-refractivity contribution in [1.29, 1.82) is 0 Å². The van der Waals surface area contributed by atoms with Crippen LogP contribution in [-0.2, 0) is 11.3 Å². The number of hydrogen-bond donors (Lipinski definition) is 2. The topological polar surface area (TPSA) is 107 Å². The molecule has 0 radical (unpaired) electrons. The Kier molecular flexibility index (Phi) is 5.74. The molecule has 0 spiro atoms. The van der Waals surface area contributed by atoms with Gasteiger partial charge in [-0.15, -0.1) is 0 Å². The first kappa shape index (κ1) is 14.9. The number of ether oxygens (including phenoxy) is 1. The number of nitrogens with two attached hydrogens (primary N) is 1. The molecule has 104 valence electrons. The summed E-state index contributed by atoms with van der Waals surface area (Å²) in [6, 6.07) is 4.56. The summed E-state index contributed by atoms with van der Waals surface area (Å²) in [5.41, 5.74) is 5.62. The van der Waals surface area contributed by atoms with Gasteiger partial charge in [-0.25, -0.2) is 0 Å². The van der Waals surface area contributed by atoms with Crippen LogP contribution in [0.25, 0.3) is 0 Å². The summed E-state index contributed by atoms with van der Waals surface area (Å²) in [6.45, 7) is 3.10. The minimum absolute atomic E-state index is 0.0552. The second-order valence-electron chi connectivity index (χ2n) is 3.99. The van der Waals surface area contributed by atoms with Gasteiger partial charge in [0.05, 0.1) is 4.92 Å². The third-order valence-electron chi connectivity index (χ3n) is 2.35. The first-order valence-electron chi connectivity index (χ1n) is 5.93. The average molecular weight is 267 g/mol. The summed E-state index contributed by atoms with van der Waals surface area (Å²) in [4.78, 5) is 20.9. The van der Waals surface area contributed by atoms with E-state index in [4.69, 9.17) is 10.5 Å². The van der Waals surface area contributed by atoms with Crippen molar-refractivity contribution in [1.82, 2.24) is 5.32 Å². The van der Waals surface area contributed by atoms with Crippen molar-refractivity contribution in [3.05, 3.63) is 33.9 Å². The van der Waals surface area contributed by atoms with Gasteiger partial charge in [0.25, 0.3) is 5.91 Å². The maximum Gasteiger partial charge on any atom is 0.310 e. The van der Waals surface area contributed by atoms with E-state index in [0.717, 1.165) is 18.5 Å². The molecule has 0 aromatic heterocycles. The van der Waals surface area contributed by atoms with E-state index < -0.39 is 10.8 Å². The number of hydrogen-bond acceptors (Lipinski definition) is 5. The first-order chi connectivity index (χ1) is 9.04. The van der Waals surface area contributed by atoms with Gasteiger partial charge in [-0.3, -0.25) is 14.9 Å². The molecular formula is C12H17N3O4. The normalized spacial score (nSPS) is 10.2. The number of carbonyl (C=O) groups excluding carboxylic acids is 1. The summed E-state index contributed by atoms with van der Waals surface area (Å²) < 4.78 is 5.06. The zero-order valence-electron chi connectivity index (χ0n) is 10.7. The molecule has 7 heteroatoms. The molecular weight excluding hydrogens is 250 g/mol. The Hall–Kier alpha value is -2.15. The first-order valence-corrected chi connectivity index (χ1v) is 5.93. The van der Waals surface area contributed by atoms with Crippen LogP contribution in [0.5, 0.6) is 5.75 Å². The number of nitrogens with zero attached hydrogens (tertiary/aromatic N) is 1. The summed E-state index contributed by atoms with van der Waals surface area (Å²) in [5, 5.41) is 14.0. The van der Waals surface area contributed by atoms with Gasteiger partial charge in [-0.2, -0.15) is 0 Å². The Morgan fingerprint density at radius 3 is 2.84 bits per heavy atom. The number of benzene rings is 1. The number of nitro benzene ring substituents is 1. The minimum atomic E-state index is -0.677. The molecule has 0 aliphatic rings. The van der Waals surface area contributed by atoms with Gasteiger partial charge in [0.2, 0.25) is 0 Å². The van der Waals surface area contributed by atoms with Crippen molar-refractivity contribution >= 4 is 11.6 Å². The molecule has 0 fully saturated rings. The Labute approximate surface area is 110 Å². The molecule has 0 aliphatic heterocycles. The van der Waals surface area contributed by atoms with E-state index in [-0.39, 0.29) is 18.0 Å². The van der Waals surface area contributed by atoms with Gasteiger partial charge in [0, 0.05) is 12.6 Å². The molecule has 1 amide bonds. The van der Waals surface area contributed by atoms with Gasteiger partial charge >= 0.3 is 5.69 Å². The Morgan fingerprint density at radius 2 is 2.26 bits per heavy atom. The standard InChI is InChI=1S/C12H17N3O4/c1-2-5-14-7-9-3-4-10(15(17)18)11(6-9)19-8-12(13)16/h3-4,6,14H,2,5,7-8H2,1H3,(H2,13,16). The fourth-order valence-electron chi connectivity index (χ4n) is 1.49. The van der Waals surface area contributed by atoms with Crippen LogP contribution in [0.1, 0.15) is 18.9 Å². The predicted molar refractivity (Wildman–Crippen MR) is 69.8 cm³/mol. The van der Waals surface area contributed by atoms with Crippen molar-refractivity contribution in [2.75, 3.05) is 13.2 Å². The minimum Gasteiger partial charge on any atom is -0.477 e. The Morgan fingerprint density at radius 1 is 1.53 bits per heavy atom. The summed E-state index contributed by atoms with van der Waals surface area (Å²) in [7, 11) is 0. The lowest BCUT2D eigenvalue weighted by atomic mass is 10.2. The van der Waals surface area contributed by atoms with E-state index in [1.54, 1.807) is 12.1 Å². The van der Waals surface area contributed by atoms with Gasteiger partial charge in [-0.05, 0) is 24.6 Å². The van der Waals surface area contributed by atoms with E-state index in [9.17, 15) is 14.9 Å². The monoisotopic (exact) mass is 267 g/mol. The third-order valence-corrected chi connectivity index (χ3v) is 2.35. The van der Waals surface area contributed by atoms with Crippen molar-refractivity contribution in [3.63, 3.8) is 0 Å². The fraction of sp³-hybridized carbons (Fsp3) is 0.417. The number of carbonyl (C=O) groups is 1. The zero-order chi connectivity index (χ0) is 14.3. The third kappa shape index (κ3) is 4.92. The second-order valence-corrected chi connectivity index (χ2v) is 3.99. The van der Waals surface area contributed by atoms with E-state index in [2.05, 4.69) is 5.32 Å². The molecule has 0 aliphatic carbocycles. The van der Waals surface area contributed by atoms with Gasteiger partial charge < -0.3 is 15.8 Å². The maximum atomic E-state index is 10.8. The lowest BCUT2D eigenvalue weighted by Crippen LogP contribution is -2.20. The van der Waals surface area contributed by atoms with Crippen molar-refractivity contribution in [2.24, 2.45) is 5.73 Å². The number of amides is 1. The van der Waals surface area contributed by atoms with Crippen molar-refractivity contribution < 1.29 is 14.5 Å². The molecule has 19 heavy (non-hydrogen) atoms. The summed E-state index contributed by atoms with van der Waals surface area (Å²) >= 11 is 0. The number of rotatable bonds is 8. The molecule has 1 rings (SSSR count). The maximum absolute atomic E-state index is 10.8. The van der Waals surface area contributed by atoms with Gasteiger partial charge in [0.1, 0.15) is 0 Å². The van der Waals surface area contributed by atoms with Crippen LogP contribution in [0.2, 0.25) is 0 Å². The number of nitro groups is 1. The van der Waals surface area contributed by atoms with Crippen LogP contribution < -0.4 is 15.8 Å². The lowest BCUT2D eigenvalue weighted by Gasteiger charge is -2.08. The van der Waals surface area contributed by atoms with Crippen LogP contribution in [0, 0.1) is 10.1 Å². The molecule has 7 nitrogen and oxygen atoms in total. The molecule has 0 saturated heterocycles. The molecule has 0 saturated carbocycles. The molecule has 0 bridgehead atoms. The van der Waals surface area contributed by atoms with Crippen LogP contribution in [0.15, 0.2) is 18.2 Å². The smallest absolute Gasteiger partial charge is 0.310 e. The summed E-state index contributed by atoms with van der Waals surface area (Å²) in [6.07, 6.45) is 0.998. The van der Waals surface area contributed by atoms with E-state index in [1.165, 1.54) is 6.07 Å². The fourth-order valence-corrected chi connectivity index (χ4v) is 1.49. The highest BCUT2D eigenvalue weighted by atomic mass is 16.6. The largest absolute Gasteiger partial charge is 0.477 e. The second kappa shape index (κ2) is 7.32. The molecule has 0 atom stereocenters. The predicted octanol–water partition coefficient (Wildman–Crippen LogP) is 0.958.